The van der Waals surface area contributed by atoms with Gasteiger partial charge in [0.25, 0.3) is 5.91 Å². The molecule has 0 saturated heterocycles. The number of carbonyl (C=O) groups excluding carboxylic acids is 1. The predicted molar refractivity (Wildman–Crippen MR) is 72.8 cm³/mol. The van der Waals surface area contributed by atoms with Crippen LogP contribution in [0.3, 0.4) is 0 Å². The summed E-state index contributed by atoms with van der Waals surface area (Å²) in [6.07, 6.45) is -3.56. The van der Waals surface area contributed by atoms with Gasteiger partial charge in [-0.3, -0.25) is 4.79 Å². The van der Waals surface area contributed by atoms with Gasteiger partial charge in [-0.2, -0.15) is 13.2 Å². The molecule has 4 nitrogen and oxygen atoms in total. The molecule has 2 rings (SSSR count). The third-order valence-corrected chi connectivity index (χ3v) is 2.77. The van der Waals surface area contributed by atoms with E-state index < -0.39 is 17.8 Å². The monoisotopic (exact) mass is 295 g/mol. The molecule has 0 unspecified atom stereocenters. The Hall–Kier alpha value is -2.57. The molecule has 0 fully saturated rings. The molecule has 1 heterocycles. The number of nitrogens with one attached hydrogen (secondary N) is 1. The summed E-state index contributed by atoms with van der Waals surface area (Å²) in [6, 6.07) is 6.89. The number of carbonyl (C=O) groups is 1. The maximum Gasteiger partial charge on any atom is 0.433 e. The van der Waals surface area contributed by atoms with Crippen molar-refractivity contribution in [1.82, 2.24) is 4.98 Å². The maximum atomic E-state index is 12.4. The third-order valence-electron chi connectivity index (χ3n) is 2.77. The van der Waals surface area contributed by atoms with E-state index in [9.17, 15) is 18.0 Å². The standard InChI is InChI=1S/C14H12F3N3O/c1-8-2-4-11(18)10(6-8)13(21)20-9-3-5-12(19-7-9)14(15,16)17/h2-7H,18H2,1H3,(H,20,21). The summed E-state index contributed by atoms with van der Waals surface area (Å²) in [4.78, 5) is 15.3. The van der Waals surface area contributed by atoms with Gasteiger partial charge in [-0.05, 0) is 31.2 Å². The molecule has 1 aromatic heterocycles. The number of benzene rings is 1. The van der Waals surface area contributed by atoms with Crippen LogP contribution in [0.15, 0.2) is 36.5 Å². The van der Waals surface area contributed by atoms with Crippen molar-refractivity contribution < 1.29 is 18.0 Å². The van der Waals surface area contributed by atoms with Crippen molar-refractivity contribution in [3.63, 3.8) is 0 Å². The normalized spacial score (nSPS) is 11.2. The van der Waals surface area contributed by atoms with E-state index in [4.69, 9.17) is 5.73 Å². The van der Waals surface area contributed by atoms with Crippen molar-refractivity contribution >= 4 is 17.3 Å². The molecule has 0 saturated carbocycles. The van der Waals surface area contributed by atoms with Crippen molar-refractivity contribution in [3.05, 3.63) is 53.3 Å². The van der Waals surface area contributed by atoms with Crippen molar-refractivity contribution in [1.29, 1.82) is 0 Å². The van der Waals surface area contributed by atoms with Gasteiger partial charge in [-0.1, -0.05) is 11.6 Å². The first-order chi connectivity index (χ1) is 9.77. The lowest BCUT2D eigenvalue weighted by Gasteiger charge is -2.09. The second kappa shape index (κ2) is 5.43. The summed E-state index contributed by atoms with van der Waals surface area (Å²) in [6.45, 7) is 1.80. The van der Waals surface area contributed by atoms with Gasteiger partial charge in [-0.25, -0.2) is 4.98 Å². The smallest absolute Gasteiger partial charge is 0.398 e. The van der Waals surface area contributed by atoms with Gasteiger partial charge in [0.1, 0.15) is 5.69 Å². The van der Waals surface area contributed by atoms with Crippen LogP contribution in [0.5, 0.6) is 0 Å². The lowest BCUT2D eigenvalue weighted by molar-refractivity contribution is -0.141. The average Bonchev–Trinajstić information content (AvgIpc) is 2.41. The zero-order valence-corrected chi connectivity index (χ0v) is 11.0. The minimum absolute atomic E-state index is 0.161. The molecule has 2 aromatic rings. The second-order valence-corrected chi connectivity index (χ2v) is 4.47. The largest absolute Gasteiger partial charge is 0.433 e. The van der Waals surface area contributed by atoms with E-state index in [-0.39, 0.29) is 16.9 Å². The zero-order valence-electron chi connectivity index (χ0n) is 11.0. The van der Waals surface area contributed by atoms with Crippen LogP contribution < -0.4 is 11.1 Å². The number of amides is 1. The lowest BCUT2D eigenvalue weighted by atomic mass is 10.1. The van der Waals surface area contributed by atoms with E-state index in [1.54, 1.807) is 25.1 Å². The first-order valence-electron chi connectivity index (χ1n) is 5.98. The number of halogens is 3. The summed E-state index contributed by atoms with van der Waals surface area (Å²) in [5.74, 6) is -0.502. The number of nitrogens with two attached hydrogens (primary N) is 1. The van der Waals surface area contributed by atoms with Gasteiger partial charge >= 0.3 is 6.18 Å². The first-order valence-corrected chi connectivity index (χ1v) is 5.98. The van der Waals surface area contributed by atoms with E-state index in [1.807, 2.05) is 0 Å². The van der Waals surface area contributed by atoms with Gasteiger partial charge in [0.05, 0.1) is 17.4 Å². The minimum atomic E-state index is -4.51. The van der Waals surface area contributed by atoms with Crippen LogP contribution in [0.25, 0.3) is 0 Å². The van der Waals surface area contributed by atoms with Crippen LogP contribution in [0.4, 0.5) is 24.5 Å². The highest BCUT2D eigenvalue weighted by Crippen LogP contribution is 2.28. The Morgan fingerprint density at radius 3 is 2.52 bits per heavy atom. The van der Waals surface area contributed by atoms with Crippen LogP contribution in [0.1, 0.15) is 21.6 Å². The fourth-order valence-corrected chi connectivity index (χ4v) is 1.70. The summed E-state index contributed by atoms with van der Waals surface area (Å²) in [7, 11) is 0. The van der Waals surface area contributed by atoms with Crippen molar-refractivity contribution in [2.24, 2.45) is 0 Å². The average molecular weight is 295 g/mol. The van der Waals surface area contributed by atoms with E-state index in [0.717, 1.165) is 23.9 Å². The molecule has 3 N–H and O–H groups in total. The van der Waals surface area contributed by atoms with E-state index >= 15 is 0 Å². The van der Waals surface area contributed by atoms with Crippen molar-refractivity contribution in [2.45, 2.75) is 13.1 Å². The van der Waals surface area contributed by atoms with Crippen molar-refractivity contribution in [2.75, 3.05) is 11.1 Å². The SMILES string of the molecule is Cc1ccc(N)c(C(=O)Nc2ccc(C(F)(F)F)nc2)c1. The van der Waals surface area contributed by atoms with Crippen LogP contribution in [-0.4, -0.2) is 10.9 Å². The quantitative estimate of drug-likeness (QED) is 0.836. The fraction of sp³-hybridized carbons (Fsp3) is 0.143. The molecular weight excluding hydrogens is 283 g/mol. The van der Waals surface area contributed by atoms with Gasteiger partial charge in [0, 0.05) is 5.69 Å². The molecule has 7 heteroatoms. The van der Waals surface area contributed by atoms with Crippen LogP contribution in [-0.2, 0) is 6.18 Å². The predicted octanol–water partition coefficient (Wildman–Crippen LogP) is 3.24. The van der Waals surface area contributed by atoms with Crippen LogP contribution in [0, 0.1) is 6.92 Å². The van der Waals surface area contributed by atoms with Gasteiger partial charge in [0.2, 0.25) is 0 Å². The summed E-state index contributed by atoms with van der Waals surface area (Å²) < 4.78 is 37.1. The number of nitrogen functional groups attached to an aromatic ring is 1. The van der Waals surface area contributed by atoms with E-state index in [0.29, 0.717) is 0 Å². The Morgan fingerprint density at radius 1 is 1.24 bits per heavy atom. The van der Waals surface area contributed by atoms with Crippen LogP contribution in [0.2, 0.25) is 0 Å². The number of rotatable bonds is 2. The number of pyridine rings is 1. The number of hydrogen-bond acceptors (Lipinski definition) is 3. The summed E-state index contributed by atoms with van der Waals surface area (Å²) in [5, 5.41) is 2.46. The van der Waals surface area contributed by atoms with Crippen molar-refractivity contribution in [3.8, 4) is 0 Å². The number of aromatic nitrogens is 1. The Labute approximate surface area is 118 Å². The van der Waals surface area contributed by atoms with E-state index in [2.05, 4.69) is 10.3 Å². The molecule has 110 valence electrons. The molecule has 0 aliphatic rings. The number of alkyl halides is 3. The highest BCUT2D eigenvalue weighted by atomic mass is 19.4. The molecule has 0 radical (unpaired) electrons. The van der Waals surface area contributed by atoms with E-state index in [1.165, 1.54) is 0 Å². The third kappa shape index (κ3) is 3.50. The topological polar surface area (TPSA) is 68.0 Å². The molecular formula is C14H12F3N3O. The Morgan fingerprint density at radius 2 is 1.95 bits per heavy atom. The Bertz CT molecular complexity index is 666. The number of aryl methyl sites for hydroxylation is 1. The fourth-order valence-electron chi connectivity index (χ4n) is 1.70. The highest BCUT2D eigenvalue weighted by Gasteiger charge is 2.32. The molecule has 1 amide bonds. The maximum absolute atomic E-state index is 12.4. The molecule has 21 heavy (non-hydrogen) atoms. The van der Waals surface area contributed by atoms with Crippen LogP contribution >= 0.6 is 0 Å². The Kier molecular flexibility index (Phi) is 3.84. The molecule has 0 spiro atoms. The molecule has 0 aliphatic heterocycles. The summed E-state index contributed by atoms with van der Waals surface area (Å²) >= 11 is 0. The molecule has 0 bridgehead atoms. The highest BCUT2D eigenvalue weighted by molar-refractivity contribution is 6.07. The Balaban J connectivity index is 2.18. The molecule has 0 aliphatic carbocycles. The number of nitrogens with zero attached hydrogens (tertiary/aromatic N) is 1. The van der Waals surface area contributed by atoms with Gasteiger partial charge < -0.3 is 11.1 Å². The minimum Gasteiger partial charge on any atom is -0.398 e. The van der Waals surface area contributed by atoms with Gasteiger partial charge in [-0.15, -0.1) is 0 Å². The van der Waals surface area contributed by atoms with Gasteiger partial charge in [0.15, 0.2) is 0 Å². The second-order valence-electron chi connectivity index (χ2n) is 4.47. The summed E-state index contributed by atoms with van der Waals surface area (Å²) in [5.41, 5.74) is 6.24. The number of anilines is 2. The number of hydrogen-bond donors (Lipinski definition) is 2. The lowest BCUT2D eigenvalue weighted by Crippen LogP contribution is -2.15. The molecule has 0 atom stereocenters. The first kappa shape index (κ1) is 14.8. The zero-order chi connectivity index (χ0) is 15.6. The molecule has 1 aromatic carbocycles.